The zero-order valence-electron chi connectivity index (χ0n) is 7.08. The summed E-state index contributed by atoms with van der Waals surface area (Å²) in [6.45, 7) is 0. The number of aromatic nitrogens is 2. The van der Waals surface area contributed by atoms with Crippen LogP contribution >= 0.6 is 11.3 Å². The van der Waals surface area contributed by atoms with E-state index in [-0.39, 0.29) is 0 Å². The molecule has 0 saturated heterocycles. The Morgan fingerprint density at radius 2 is 2.23 bits per heavy atom. The van der Waals surface area contributed by atoms with Gasteiger partial charge in [0.15, 0.2) is 0 Å². The number of aryl methyl sites for hydroxylation is 2. The van der Waals surface area contributed by atoms with Gasteiger partial charge in [-0.15, -0.1) is 11.3 Å². The summed E-state index contributed by atoms with van der Waals surface area (Å²) in [5.74, 6) is 0.643. The third-order valence-corrected chi connectivity index (χ3v) is 3.73. The molecule has 2 N–H and O–H groups in total. The average molecular weight is 191 g/mol. The number of thiophene rings is 1. The second-order valence-corrected chi connectivity index (χ2v) is 4.38. The van der Waals surface area contributed by atoms with Gasteiger partial charge < -0.3 is 5.73 Å². The van der Waals surface area contributed by atoms with Gasteiger partial charge in [0.05, 0.1) is 5.39 Å². The smallest absolute Gasteiger partial charge is 0.135 e. The average Bonchev–Trinajstić information content (AvgIpc) is 2.62. The van der Waals surface area contributed by atoms with E-state index in [0.717, 1.165) is 16.6 Å². The maximum absolute atomic E-state index is 5.83. The molecule has 2 aromatic heterocycles. The summed E-state index contributed by atoms with van der Waals surface area (Å²) in [4.78, 5) is 10.8. The van der Waals surface area contributed by atoms with E-state index >= 15 is 0 Å². The Hall–Kier alpha value is -1.16. The van der Waals surface area contributed by atoms with Gasteiger partial charge in [0, 0.05) is 4.88 Å². The second-order valence-electron chi connectivity index (χ2n) is 3.30. The summed E-state index contributed by atoms with van der Waals surface area (Å²) in [5, 5.41) is 1.11. The molecule has 1 aliphatic rings. The second kappa shape index (κ2) is 2.42. The van der Waals surface area contributed by atoms with E-state index in [0.29, 0.717) is 5.82 Å². The van der Waals surface area contributed by atoms with Gasteiger partial charge in [-0.25, -0.2) is 9.97 Å². The van der Waals surface area contributed by atoms with Crippen LogP contribution in [0.2, 0.25) is 0 Å². The van der Waals surface area contributed by atoms with Gasteiger partial charge in [0.25, 0.3) is 0 Å². The molecule has 2 heterocycles. The predicted octanol–water partition coefficient (Wildman–Crippen LogP) is 1.76. The largest absolute Gasteiger partial charge is 0.383 e. The van der Waals surface area contributed by atoms with Crippen molar-refractivity contribution in [2.24, 2.45) is 0 Å². The molecule has 3 rings (SSSR count). The van der Waals surface area contributed by atoms with Crippen molar-refractivity contribution < 1.29 is 0 Å². The molecule has 13 heavy (non-hydrogen) atoms. The molecular weight excluding hydrogens is 182 g/mol. The van der Waals surface area contributed by atoms with Crippen LogP contribution in [0.25, 0.3) is 10.2 Å². The van der Waals surface area contributed by atoms with Crippen molar-refractivity contribution in [1.82, 2.24) is 9.97 Å². The van der Waals surface area contributed by atoms with E-state index in [9.17, 15) is 0 Å². The fourth-order valence-electron chi connectivity index (χ4n) is 1.95. The highest BCUT2D eigenvalue weighted by Crippen LogP contribution is 2.37. The Morgan fingerprint density at radius 3 is 3.15 bits per heavy atom. The molecule has 1 aliphatic carbocycles. The molecule has 0 unspecified atom stereocenters. The Labute approximate surface area is 79.6 Å². The maximum Gasteiger partial charge on any atom is 0.135 e. The van der Waals surface area contributed by atoms with Crippen molar-refractivity contribution in [3.63, 3.8) is 0 Å². The Morgan fingerprint density at radius 1 is 1.31 bits per heavy atom. The minimum Gasteiger partial charge on any atom is -0.383 e. The van der Waals surface area contributed by atoms with E-state index in [1.807, 2.05) is 0 Å². The topological polar surface area (TPSA) is 51.8 Å². The molecule has 3 nitrogen and oxygen atoms in total. The van der Waals surface area contributed by atoms with Crippen LogP contribution in [0.15, 0.2) is 6.33 Å². The van der Waals surface area contributed by atoms with Crippen molar-refractivity contribution >= 4 is 27.4 Å². The van der Waals surface area contributed by atoms with Crippen LogP contribution in [0.4, 0.5) is 5.82 Å². The zero-order chi connectivity index (χ0) is 8.84. The molecule has 0 spiro atoms. The lowest BCUT2D eigenvalue weighted by Gasteiger charge is -1.95. The highest BCUT2D eigenvalue weighted by molar-refractivity contribution is 7.19. The third kappa shape index (κ3) is 0.891. The Kier molecular flexibility index (Phi) is 1.35. The SMILES string of the molecule is Nc1ncnc2sc3c(c12)CCC3. The molecule has 2 aromatic rings. The minimum atomic E-state index is 0.643. The Balaban J connectivity index is 2.46. The van der Waals surface area contributed by atoms with Gasteiger partial charge in [0.1, 0.15) is 17.0 Å². The van der Waals surface area contributed by atoms with Crippen molar-refractivity contribution in [2.75, 3.05) is 5.73 Å². The fraction of sp³-hybridized carbons (Fsp3) is 0.333. The normalized spacial score (nSPS) is 15.1. The fourth-order valence-corrected chi connectivity index (χ4v) is 3.19. The lowest BCUT2D eigenvalue weighted by Crippen LogP contribution is -1.92. The quantitative estimate of drug-likeness (QED) is 0.690. The minimum absolute atomic E-state index is 0.643. The molecule has 0 atom stereocenters. The number of anilines is 1. The standard InChI is InChI=1S/C9H9N3S/c10-8-7-5-2-1-3-6(5)13-9(7)12-4-11-8/h4H,1-3H2,(H2,10,11,12). The molecule has 0 bridgehead atoms. The first kappa shape index (κ1) is 7.26. The number of fused-ring (bicyclic) bond motifs is 3. The molecule has 0 aliphatic heterocycles. The third-order valence-electron chi connectivity index (χ3n) is 2.53. The molecular formula is C9H9N3S. The highest BCUT2D eigenvalue weighted by atomic mass is 32.1. The lowest BCUT2D eigenvalue weighted by molar-refractivity contribution is 0.917. The summed E-state index contributed by atoms with van der Waals surface area (Å²) in [6, 6.07) is 0. The van der Waals surface area contributed by atoms with Crippen molar-refractivity contribution in [2.45, 2.75) is 19.3 Å². The number of nitrogen functional groups attached to an aromatic ring is 1. The summed E-state index contributed by atoms with van der Waals surface area (Å²) in [5.41, 5.74) is 7.23. The van der Waals surface area contributed by atoms with Gasteiger partial charge in [-0.3, -0.25) is 0 Å². The molecule has 0 radical (unpaired) electrons. The van der Waals surface area contributed by atoms with Gasteiger partial charge in [-0.05, 0) is 24.8 Å². The van der Waals surface area contributed by atoms with Gasteiger partial charge in [-0.1, -0.05) is 0 Å². The monoisotopic (exact) mass is 191 g/mol. The van der Waals surface area contributed by atoms with E-state index < -0.39 is 0 Å². The van der Waals surface area contributed by atoms with Crippen LogP contribution in [0.5, 0.6) is 0 Å². The van der Waals surface area contributed by atoms with E-state index in [4.69, 9.17) is 5.73 Å². The zero-order valence-corrected chi connectivity index (χ0v) is 7.90. The van der Waals surface area contributed by atoms with Crippen LogP contribution in [0.3, 0.4) is 0 Å². The Bertz CT molecular complexity index is 475. The predicted molar refractivity (Wildman–Crippen MR) is 53.9 cm³/mol. The number of nitrogens with two attached hydrogens (primary N) is 1. The number of rotatable bonds is 0. The van der Waals surface area contributed by atoms with Crippen LogP contribution in [0, 0.1) is 0 Å². The van der Waals surface area contributed by atoms with Crippen molar-refractivity contribution in [3.8, 4) is 0 Å². The molecule has 0 aromatic carbocycles. The molecule has 66 valence electrons. The van der Waals surface area contributed by atoms with E-state index in [1.165, 1.54) is 23.3 Å². The van der Waals surface area contributed by atoms with Crippen LogP contribution in [-0.4, -0.2) is 9.97 Å². The summed E-state index contributed by atoms with van der Waals surface area (Å²) in [6.07, 6.45) is 5.14. The van der Waals surface area contributed by atoms with Crippen molar-refractivity contribution in [1.29, 1.82) is 0 Å². The lowest BCUT2D eigenvalue weighted by atomic mass is 10.2. The molecule has 0 amide bonds. The summed E-state index contributed by atoms with van der Waals surface area (Å²) < 4.78 is 0. The van der Waals surface area contributed by atoms with Crippen LogP contribution in [0.1, 0.15) is 16.9 Å². The van der Waals surface area contributed by atoms with Gasteiger partial charge >= 0.3 is 0 Å². The number of nitrogens with zero attached hydrogens (tertiary/aromatic N) is 2. The first-order chi connectivity index (χ1) is 6.36. The van der Waals surface area contributed by atoms with Gasteiger partial charge in [-0.2, -0.15) is 0 Å². The number of hydrogen-bond acceptors (Lipinski definition) is 4. The number of hydrogen-bond donors (Lipinski definition) is 1. The molecule has 0 fully saturated rings. The summed E-state index contributed by atoms with van der Waals surface area (Å²) in [7, 11) is 0. The highest BCUT2D eigenvalue weighted by Gasteiger charge is 2.19. The van der Waals surface area contributed by atoms with Gasteiger partial charge in [0.2, 0.25) is 0 Å². The van der Waals surface area contributed by atoms with E-state index in [2.05, 4.69) is 9.97 Å². The summed E-state index contributed by atoms with van der Waals surface area (Å²) >= 11 is 1.77. The maximum atomic E-state index is 5.83. The first-order valence-electron chi connectivity index (χ1n) is 4.37. The van der Waals surface area contributed by atoms with E-state index in [1.54, 1.807) is 17.7 Å². The van der Waals surface area contributed by atoms with Crippen LogP contribution < -0.4 is 5.73 Å². The molecule has 4 heteroatoms. The first-order valence-corrected chi connectivity index (χ1v) is 5.18. The molecule has 0 saturated carbocycles. The van der Waals surface area contributed by atoms with Crippen LogP contribution in [-0.2, 0) is 12.8 Å². The van der Waals surface area contributed by atoms with Crippen molar-refractivity contribution in [3.05, 3.63) is 16.8 Å².